The summed E-state index contributed by atoms with van der Waals surface area (Å²) in [7, 11) is 1.68. The van der Waals surface area contributed by atoms with Crippen molar-refractivity contribution in [3.63, 3.8) is 0 Å². The van der Waals surface area contributed by atoms with Gasteiger partial charge in [-0.15, -0.1) is 0 Å². The van der Waals surface area contributed by atoms with Crippen LogP contribution in [0.1, 0.15) is 12.0 Å². The highest BCUT2D eigenvalue weighted by Crippen LogP contribution is 2.26. The van der Waals surface area contributed by atoms with Crippen LogP contribution in [0.2, 0.25) is 5.02 Å². The van der Waals surface area contributed by atoms with Crippen LogP contribution in [0.25, 0.3) is 0 Å². The highest BCUT2D eigenvalue weighted by molar-refractivity contribution is 9.08. The average Bonchev–Trinajstić information content (AvgIpc) is 2.39. The fourth-order valence-electron chi connectivity index (χ4n) is 1.71. The zero-order chi connectivity index (χ0) is 13.4. The van der Waals surface area contributed by atoms with Gasteiger partial charge in [-0.25, -0.2) is 0 Å². The summed E-state index contributed by atoms with van der Waals surface area (Å²) in [6.45, 7) is 2.09. The molecular formula is C13H16BrClN2O. The molecule has 18 heavy (non-hydrogen) atoms. The fourth-order valence-corrected chi connectivity index (χ4v) is 2.35. The maximum absolute atomic E-state index is 8.72. The van der Waals surface area contributed by atoms with Crippen LogP contribution in [0.4, 0.5) is 5.69 Å². The second-order valence-corrected chi connectivity index (χ2v) is 4.79. The molecule has 0 unspecified atom stereocenters. The van der Waals surface area contributed by atoms with Gasteiger partial charge in [-0.05, 0) is 23.8 Å². The zero-order valence-electron chi connectivity index (χ0n) is 10.3. The summed E-state index contributed by atoms with van der Waals surface area (Å²) in [5, 5.41) is 10.2. The number of hydrogen-bond donors (Lipinski definition) is 0. The Hall–Kier alpha value is -0.760. The van der Waals surface area contributed by atoms with Crippen LogP contribution >= 0.6 is 27.5 Å². The Bertz CT molecular complexity index is 420. The van der Waals surface area contributed by atoms with Crippen molar-refractivity contribution in [2.75, 3.05) is 31.7 Å². The Balaban J connectivity index is 2.92. The van der Waals surface area contributed by atoms with Crippen molar-refractivity contribution in [2.45, 2.75) is 11.8 Å². The van der Waals surface area contributed by atoms with Crippen molar-refractivity contribution in [2.24, 2.45) is 0 Å². The van der Waals surface area contributed by atoms with Crippen molar-refractivity contribution in [3.05, 3.63) is 28.8 Å². The van der Waals surface area contributed by atoms with Crippen LogP contribution in [-0.4, -0.2) is 26.8 Å². The third-order valence-corrected chi connectivity index (χ3v) is 3.42. The second-order valence-electron chi connectivity index (χ2n) is 3.79. The molecule has 0 aromatic heterocycles. The van der Waals surface area contributed by atoms with Gasteiger partial charge in [0.05, 0.1) is 19.1 Å². The summed E-state index contributed by atoms with van der Waals surface area (Å²) >= 11 is 9.46. The monoisotopic (exact) mass is 330 g/mol. The minimum absolute atomic E-state index is 0.494. The minimum Gasteiger partial charge on any atom is -0.383 e. The number of halogens is 2. The van der Waals surface area contributed by atoms with Gasteiger partial charge >= 0.3 is 0 Å². The van der Waals surface area contributed by atoms with Crippen LogP contribution in [0.3, 0.4) is 0 Å². The van der Waals surface area contributed by atoms with Crippen molar-refractivity contribution < 1.29 is 4.74 Å². The maximum Gasteiger partial charge on any atom is 0.0640 e. The van der Waals surface area contributed by atoms with Crippen molar-refractivity contribution in [3.8, 4) is 6.07 Å². The predicted octanol–water partition coefficient (Wildman–Crippen LogP) is 3.60. The molecule has 0 N–H and O–H groups in total. The van der Waals surface area contributed by atoms with E-state index >= 15 is 0 Å². The summed E-state index contributed by atoms with van der Waals surface area (Å²) in [6.07, 6.45) is 0.494. The lowest BCUT2D eigenvalue weighted by atomic mass is 10.1. The van der Waals surface area contributed by atoms with E-state index in [9.17, 15) is 0 Å². The first kappa shape index (κ1) is 15.3. The molecule has 98 valence electrons. The molecule has 0 bridgehead atoms. The summed E-state index contributed by atoms with van der Waals surface area (Å²) in [5.41, 5.74) is 2.22. The van der Waals surface area contributed by atoms with Gasteiger partial charge < -0.3 is 9.64 Å². The van der Waals surface area contributed by atoms with Gasteiger partial charge in [0, 0.05) is 36.2 Å². The SMILES string of the molecule is COCCN(CCC#N)c1ccc(Cl)cc1CBr. The average molecular weight is 332 g/mol. The van der Waals surface area contributed by atoms with E-state index in [0.29, 0.717) is 19.6 Å². The molecule has 0 aliphatic rings. The standard InChI is InChI=1S/C13H16BrClN2O/c1-18-8-7-17(6-2-5-16)13-4-3-12(15)9-11(13)10-14/h3-4,9H,2,6-8,10H2,1H3. The number of alkyl halides is 1. The smallest absolute Gasteiger partial charge is 0.0640 e. The topological polar surface area (TPSA) is 36.3 Å². The number of nitriles is 1. The third kappa shape index (κ3) is 4.49. The van der Waals surface area contributed by atoms with Crippen molar-refractivity contribution >= 4 is 33.2 Å². The van der Waals surface area contributed by atoms with Crippen molar-refractivity contribution in [1.82, 2.24) is 0 Å². The van der Waals surface area contributed by atoms with E-state index in [4.69, 9.17) is 21.6 Å². The van der Waals surface area contributed by atoms with Gasteiger partial charge in [0.1, 0.15) is 0 Å². The van der Waals surface area contributed by atoms with Gasteiger partial charge in [0.2, 0.25) is 0 Å². The van der Waals surface area contributed by atoms with Gasteiger partial charge in [0.15, 0.2) is 0 Å². The Kier molecular flexibility index (Phi) is 7.11. The zero-order valence-corrected chi connectivity index (χ0v) is 12.7. The molecule has 0 amide bonds. The molecular weight excluding hydrogens is 316 g/mol. The Morgan fingerprint density at radius 2 is 2.22 bits per heavy atom. The van der Waals surface area contributed by atoms with E-state index in [0.717, 1.165) is 28.1 Å². The van der Waals surface area contributed by atoms with Gasteiger partial charge in [-0.2, -0.15) is 5.26 Å². The van der Waals surface area contributed by atoms with E-state index in [1.54, 1.807) is 7.11 Å². The molecule has 0 fully saturated rings. The first-order chi connectivity index (χ1) is 8.72. The van der Waals surface area contributed by atoms with E-state index in [1.807, 2.05) is 18.2 Å². The number of ether oxygens (including phenoxy) is 1. The molecule has 0 radical (unpaired) electrons. The highest BCUT2D eigenvalue weighted by atomic mass is 79.9. The Labute approximate surface area is 121 Å². The van der Waals surface area contributed by atoms with Crippen molar-refractivity contribution in [1.29, 1.82) is 5.26 Å². The van der Waals surface area contributed by atoms with Crippen LogP contribution in [0.15, 0.2) is 18.2 Å². The molecule has 0 aliphatic heterocycles. The molecule has 3 nitrogen and oxygen atoms in total. The maximum atomic E-state index is 8.72. The summed E-state index contributed by atoms with van der Waals surface area (Å²) < 4.78 is 5.11. The molecule has 1 aromatic carbocycles. The minimum atomic E-state index is 0.494. The van der Waals surface area contributed by atoms with Gasteiger partial charge in [-0.1, -0.05) is 27.5 Å². The molecule has 0 heterocycles. The molecule has 0 spiro atoms. The number of methoxy groups -OCH3 is 1. The molecule has 0 atom stereocenters. The van der Waals surface area contributed by atoms with Gasteiger partial charge in [0.25, 0.3) is 0 Å². The Morgan fingerprint density at radius 3 is 2.83 bits per heavy atom. The van der Waals surface area contributed by atoms with Crippen LogP contribution in [-0.2, 0) is 10.1 Å². The van der Waals surface area contributed by atoms with E-state index < -0.39 is 0 Å². The lowest BCUT2D eigenvalue weighted by Crippen LogP contribution is -2.29. The quantitative estimate of drug-likeness (QED) is 0.716. The largest absolute Gasteiger partial charge is 0.383 e. The molecule has 5 heteroatoms. The van der Waals surface area contributed by atoms with E-state index in [-0.39, 0.29) is 0 Å². The van der Waals surface area contributed by atoms with Crippen LogP contribution < -0.4 is 4.90 Å². The van der Waals surface area contributed by atoms with Crippen LogP contribution in [0, 0.1) is 11.3 Å². The number of anilines is 1. The van der Waals surface area contributed by atoms with E-state index in [2.05, 4.69) is 26.9 Å². The number of rotatable bonds is 7. The van der Waals surface area contributed by atoms with Gasteiger partial charge in [-0.3, -0.25) is 0 Å². The summed E-state index contributed by atoms with van der Waals surface area (Å²) in [4.78, 5) is 2.15. The predicted molar refractivity (Wildman–Crippen MR) is 78.4 cm³/mol. The lowest BCUT2D eigenvalue weighted by molar-refractivity contribution is 0.205. The normalized spacial score (nSPS) is 10.1. The summed E-state index contributed by atoms with van der Waals surface area (Å²) in [6, 6.07) is 7.98. The second kappa shape index (κ2) is 8.36. The molecule has 0 saturated carbocycles. The number of nitrogens with zero attached hydrogens (tertiary/aromatic N) is 2. The first-order valence-corrected chi connectivity index (χ1v) is 7.18. The molecule has 0 saturated heterocycles. The molecule has 1 aromatic rings. The first-order valence-electron chi connectivity index (χ1n) is 5.68. The molecule has 0 aliphatic carbocycles. The summed E-state index contributed by atoms with van der Waals surface area (Å²) in [5.74, 6) is 0. The number of hydrogen-bond acceptors (Lipinski definition) is 3. The Morgan fingerprint density at radius 1 is 1.44 bits per heavy atom. The highest BCUT2D eigenvalue weighted by Gasteiger charge is 2.11. The van der Waals surface area contributed by atoms with E-state index in [1.165, 1.54) is 0 Å². The fraction of sp³-hybridized carbons (Fsp3) is 0.462. The lowest BCUT2D eigenvalue weighted by Gasteiger charge is -2.25. The number of benzene rings is 1. The van der Waals surface area contributed by atoms with Crippen LogP contribution in [0.5, 0.6) is 0 Å². The molecule has 1 rings (SSSR count). The third-order valence-electron chi connectivity index (χ3n) is 2.59.